The summed E-state index contributed by atoms with van der Waals surface area (Å²) in [5, 5.41) is 0. The topological polar surface area (TPSA) is 0 Å². The van der Waals surface area contributed by atoms with Gasteiger partial charge in [0, 0.05) is 0 Å². The van der Waals surface area contributed by atoms with Crippen molar-refractivity contribution in [2.45, 2.75) is 52.9 Å². The highest BCUT2D eigenvalue weighted by Gasteiger charge is 2.47. The van der Waals surface area contributed by atoms with E-state index in [1.165, 1.54) is 32.1 Å². The van der Waals surface area contributed by atoms with Crippen LogP contribution in [0, 0.1) is 23.2 Å². The standard InChI is InChI=1S/C12H22/c1-9-5-4-8-12(3)10(2)6-7-11(9)12/h9-11H,4-8H2,1-3H3/t9-,10?,11-,12+/m0/s1. The van der Waals surface area contributed by atoms with Gasteiger partial charge in [-0.3, -0.25) is 0 Å². The van der Waals surface area contributed by atoms with E-state index < -0.39 is 0 Å². The molecule has 2 aliphatic carbocycles. The van der Waals surface area contributed by atoms with Crippen LogP contribution in [0.5, 0.6) is 0 Å². The first kappa shape index (κ1) is 8.59. The molecule has 0 radical (unpaired) electrons. The van der Waals surface area contributed by atoms with Gasteiger partial charge in [0.1, 0.15) is 0 Å². The maximum absolute atomic E-state index is 2.55. The second kappa shape index (κ2) is 2.75. The van der Waals surface area contributed by atoms with E-state index >= 15 is 0 Å². The van der Waals surface area contributed by atoms with Crippen molar-refractivity contribution in [2.24, 2.45) is 23.2 Å². The van der Waals surface area contributed by atoms with Crippen LogP contribution in [-0.2, 0) is 0 Å². The van der Waals surface area contributed by atoms with Gasteiger partial charge in [-0.25, -0.2) is 0 Å². The quantitative estimate of drug-likeness (QED) is 0.512. The molecule has 2 rings (SSSR count). The minimum atomic E-state index is 0.720. The monoisotopic (exact) mass is 166 g/mol. The lowest BCUT2D eigenvalue weighted by Crippen LogP contribution is -2.34. The predicted octanol–water partition coefficient (Wildman–Crippen LogP) is 3.86. The Balaban J connectivity index is 2.20. The minimum Gasteiger partial charge on any atom is -0.0622 e. The molecule has 0 aromatic heterocycles. The molecule has 2 aliphatic rings. The third kappa shape index (κ3) is 1.03. The Labute approximate surface area is 76.7 Å². The zero-order valence-electron chi connectivity index (χ0n) is 8.77. The fraction of sp³-hybridized carbons (Fsp3) is 1.00. The molecular formula is C12H22. The molecule has 0 amide bonds. The molecule has 0 aromatic rings. The van der Waals surface area contributed by atoms with Crippen LogP contribution < -0.4 is 0 Å². The van der Waals surface area contributed by atoms with Gasteiger partial charge in [-0.2, -0.15) is 0 Å². The molecule has 12 heavy (non-hydrogen) atoms. The van der Waals surface area contributed by atoms with Crippen molar-refractivity contribution >= 4 is 0 Å². The predicted molar refractivity (Wildman–Crippen MR) is 53.0 cm³/mol. The summed E-state index contributed by atoms with van der Waals surface area (Å²) in [4.78, 5) is 0. The first-order valence-corrected chi connectivity index (χ1v) is 5.64. The Morgan fingerprint density at radius 1 is 1.08 bits per heavy atom. The Kier molecular flexibility index (Phi) is 1.97. The van der Waals surface area contributed by atoms with E-state index in [2.05, 4.69) is 20.8 Å². The first-order valence-electron chi connectivity index (χ1n) is 5.64. The van der Waals surface area contributed by atoms with Crippen molar-refractivity contribution in [1.82, 2.24) is 0 Å². The van der Waals surface area contributed by atoms with Gasteiger partial charge in [-0.1, -0.05) is 33.6 Å². The van der Waals surface area contributed by atoms with Crippen LogP contribution in [0.1, 0.15) is 52.9 Å². The lowest BCUT2D eigenvalue weighted by atomic mass is 9.62. The highest BCUT2D eigenvalue weighted by Crippen LogP contribution is 2.56. The third-order valence-electron chi connectivity index (χ3n) is 4.95. The molecule has 1 unspecified atom stereocenters. The van der Waals surface area contributed by atoms with Gasteiger partial charge in [-0.15, -0.1) is 0 Å². The van der Waals surface area contributed by atoms with E-state index in [0.717, 1.165) is 23.2 Å². The van der Waals surface area contributed by atoms with Gasteiger partial charge in [0.05, 0.1) is 0 Å². The Morgan fingerprint density at radius 3 is 2.50 bits per heavy atom. The summed E-state index contributed by atoms with van der Waals surface area (Å²) in [5.74, 6) is 3.06. The Bertz CT molecular complexity index is 173. The van der Waals surface area contributed by atoms with E-state index in [1.807, 2.05) is 0 Å². The number of hydrogen-bond donors (Lipinski definition) is 0. The highest BCUT2D eigenvalue weighted by atomic mass is 14.5. The van der Waals surface area contributed by atoms with Crippen molar-refractivity contribution in [3.8, 4) is 0 Å². The molecule has 0 N–H and O–H groups in total. The number of rotatable bonds is 0. The van der Waals surface area contributed by atoms with Crippen LogP contribution in [0.15, 0.2) is 0 Å². The summed E-state index contributed by atoms with van der Waals surface area (Å²) >= 11 is 0. The summed E-state index contributed by atoms with van der Waals surface area (Å²) in [5.41, 5.74) is 0.720. The molecule has 0 nitrogen and oxygen atoms in total. The molecular weight excluding hydrogens is 144 g/mol. The maximum Gasteiger partial charge on any atom is -0.0269 e. The van der Waals surface area contributed by atoms with Crippen LogP contribution in [0.4, 0.5) is 0 Å². The lowest BCUT2D eigenvalue weighted by molar-refractivity contribution is 0.0658. The molecule has 2 saturated carbocycles. The molecule has 0 saturated heterocycles. The fourth-order valence-electron chi connectivity index (χ4n) is 3.83. The fourth-order valence-corrected chi connectivity index (χ4v) is 3.83. The van der Waals surface area contributed by atoms with Gasteiger partial charge >= 0.3 is 0 Å². The zero-order chi connectivity index (χ0) is 8.77. The van der Waals surface area contributed by atoms with E-state index in [-0.39, 0.29) is 0 Å². The SMILES string of the molecule is CC1CC[C@H]2[C@@H](C)CCC[C@]12C. The van der Waals surface area contributed by atoms with Crippen molar-refractivity contribution in [2.75, 3.05) is 0 Å². The highest BCUT2D eigenvalue weighted by molar-refractivity contribution is 4.97. The van der Waals surface area contributed by atoms with Crippen molar-refractivity contribution in [3.63, 3.8) is 0 Å². The van der Waals surface area contributed by atoms with Gasteiger partial charge in [-0.05, 0) is 42.4 Å². The maximum atomic E-state index is 2.55. The first-order chi connectivity index (χ1) is 5.64. The van der Waals surface area contributed by atoms with Gasteiger partial charge in [0.25, 0.3) is 0 Å². The van der Waals surface area contributed by atoms with Crippen LogP contribution in [-0.4, -0.2) is 0 Å². The Morgan fingerprint density at radius 2 is 1.83 bits per heavy atom. The van der Waals surface area contributed by atoms with Crippen molar-refractivity contribution < 1.29 is 0 Å². The Hall–Kier alpha value is 0. The van der Waals surface area contributed by atoms with Crippen LogP contribution in [0.3, 0.4) is 0 Å². The van der Waals surface area contributed by atoms with E-state index in [0.29, 0.717) is 0 Å². The van der Waals surface area contributed by atoms with Crippen molar-refractivity contribution in [3.05, 3.63) is 0 Å². The van der Waals surface area contributed by atoms with Crippen molar-refractivity contribution in [1.29, 1.82) is 0 Å². The molecule has 0 heteroatoms. The van der Waals surface area contributed by atoms with Crippen LogP contribution in [0.2, 0.25) is 0 Å². The van der Waals surface area contributed by atoms with Gasteiger partial charge in [0.15, 0.2) is 0 Å². The lowest BCUT2D eigenvalue weighted by Gasteiger charge is -2.43. The molecule has 0 spiro atoms. The van der Waals surface area contributed by atoms with Gasteiger partial charge in [0.2, 0.25) is 0 Å². The average Bonchev–Trinajstić information content (AvgIpc) is 2.30. The molecule has 0 aliphatic heterocycles. The molecule has 0 heterocycles. The van der Waals surface area contributed by atoms with Crippen LogP contribution >= 0.6 is 0 Å². The van der Waals surface area contributed by atoms with E-state index in [1.54, 1.807) is 0 Å². The summed E-state index contributed by atoms with van der Waals surface area (Å²) < 4.78 is 0. The molecule has 2 fully saturated rings. The minimum absolute atomic E-state index is 0.720. The summed E-state index contributed by atoms with van der Waals surface area (Å²) in [6.07, 6.45) is 7.49. The molecule has 0 bridgehead atoms. The summed E-state index contributed by atoms with van der Waals surface area (Å²) in [7, 11) is 0. The normalized spacial score (nSPS) is 53.8. The third-order valence-corrected chi connectivity index (χ3v) is 4.95. The number of hydrogen-bond acceptors (Lipinski definition) is 0. The summed E-state index contributed by atoms with van der Waals surface area (Å²) in [6, 6.07) is 0. The molecule has 70 valence electrons. The average molecular weight is 166 g/mol. The van der Waals surface area contributed by atoms with E-state index in [4.69, 9.17) is 0 Å². The smallest absolute Gasteiger partial charge is 0.0269 e. The number of fused-ring (bicyclic) bond motifs is 1. The zero-order valence-corrected chi connectivity index (χ0v) is 8.77. The second-order valence-electron chi connectivity index (χ2n) is 5.46. The second-order valence-corrected chi connectivity index (χ2v) is 5.46. The molecule has 4 atom stereocenters. The molecule has 0 aromatic carbocycles. The van der Waals surface area contributed by atoms with Gasteiger partial charge < -0.3 is 0 Å². The largest absolute Gasteiger partial charge is 0.0622 e. The van der Waals surface area contributed by atoms with Crippen LogP contribution in [0.25, 0.3) is 0 Å². The summed E-state index contributed by atoms with van der Waals surface area (Å²) in [6.45, 7) is 7.49. The van der Waals surface area contributed by atoms with E-state index in [9.17, 15) is 0 Å².